The highest BCUT2D eigenvalue weighted by Gasteiger charge is 2.23. The Morgan fingerprint density at radius 3 is 2.64 bits per heavy atom. The molecule has 0 saturated carbocycles. The predicted octanol–water partition coefficient (Wildman–Crippen LogP) is 3.41. The summed E-state index contributed by atoms with van der Waals surface area (Å²) in [4.78, 5) is 22.2. The molecule has 1 aromatic carbocycles. The molecule has 2 aromatic heterocycles. The summed E-state index contributed by atoms with van der Waals surface area (Å²) in [5, 5.41) is 3.94. The van der Waals surface area contributed by atoms with Crippen molar-refractivity contribution in [2.45, 2.75) is 26.3 Å². The summed E-state index contributed by atoms with van der Waals surface area (Å²) in [6.45, 7) is 3.84. The molecule has 25 heavy (non-hydrogen) atoms. The SMILES string of the molecule is CCc1nc(C)c(C(=O)NC(c2ccc(F)cc2)c2nccn2C)s1. The average molecular weight is 358 g/mol. The molecule has 3 aromatic rings. The predicted molar refractivity (Wildman–Crippen MR) is 95.1 cm³/mol. The summed E-state index contributed by atoms with van der Waals surface area (Å²) in [5.41, 5.74) is 1.49. The molecular weight excluding hydrogens is 339 g/mol. The lowest BCUT2D eigenvalue weighted by atomic mass is 10.1. The summed E-state index contributed by atoms with van der Waals surface area (Å²) in [6.07, 6.45) is 4.27. The number of amides is 1. The number of aryl methyl sites for hydroxylation is 3. The van der Waals surface area contributed by atoms with E-state index in [1.807, 2.05) is 31.7 Å². The van der Waals surface area contributed by atoms with Gasteiger partial charge in [0, 0.05) is 19.4 Å². The Kier molecular flexibility index (Phi) is 4.94. The molecule has 0 aliphatic rings. The lowest BCUT2D eigenvalue weighted by Gasteiger charge is -2.19. The molecule has 130 valence electrons. The number of nitrogens with zero attached hydrogens (tertiary/aromatic N) is 3. The third-order valence-electron chi connectivity index (χ3n) is 3.94. The molecule has 0 aliphatic carbocycles. The standard InChI is InChI=1S/C18H19FN4OS/c1-4-14-21-11(2)16(25-14)18(24)22-15(17-20-9-10-23(17)3)12-5-7-13(19)8-6-12/h5-10,15H,4H2,1-3H3,(H,22,24). The molecule has 5 nitrogen and oxygen atoms in total. The van der Waals surface area contributed by atoms with Crippen LogP contribution >= 0.6 is 11.3 Å². The van der Waals surface area contributed by atoms with Crippen molar-refractivity contribution in [3.63, 3.8) is 0 Å². The van der Waals surface area contributed by atoms with Gasteiger partial charge >= 0.3 is 0 Å². The number of imidazole rings is 1. The largest absolute Gasteiger partial charge is 0.337 e. The van der Waals surface area contributed by atoms with Crippen molar-refractivity contribution in [2.24, 2.45) is 7.05 Å². The highest BCUT2D eigenvalue weighted by Crippen LogP contribution is 2.24. The molecule has 1 amide bonds. The third kappa shape index (κ3) is 3.61. The Balaban J connectivity index is 1.95. The second-order valence-electron chi connectivity index (χ2n) is 5.73. The lowest BCUT2D eigenvalue weighted by molar-refractivity contribution is 0.0944. The molecule has 3 rings (SSSR count). The number of benzene rings is 1. The van der Waals surface area contributed by atoms with Crippen LogP contribution in [0, 0.1) is 12.7 Å². The highest BCUT2D eigenvalue weighted by molar-refractivity contribution is 7.13. The van der Waals surface area contributed by atoms with E-state index in [1.54, 1.807) is 18.3 Å². The molecule has 2 heterocycles. The van der Waals surface area contributed by atoms with Crippen molar-refractivity contribution < 1.29 is 9.18 Å². The van der Waals surface area contributed by atoms with Gasteiger partial charge < -0.3 is 9.88 Å². The quantitative estimate of drug-likeness (QED) is 0.760. The molecule has 1 N–H and O–H groups in total. The first-order valence-electron chi connectivity index (χ1n) is 7.99. The number of hydrogen-bond acceptors (Lipinski definition) is 4. The number of halogens is 1. The second-order valence-corrected chi connectivity index (χ2v) is 6.81. The van der Waals surface area contributed by atoms with Crippen molar-refractivity contribution in [1.82, 2.24) is 19.9 Å². The molecule has 0 radical (unpaired) electrons. The van der Waals surface area contributed by atoms with Gasteiger partial charge in [-0.25, -0.2) is 14.4 Å². The van der Waals surface area contributed by atoms with Crippen LogP contribution in [0.3, 0.4) is 0 Å². The summed E-state index contributed by atoms with van der Waals surface area (Å²) < 4.78 is 15.1. The van der Waals surface area contributed by atoms with E-state index in [0.717, 1.165) is 22.7 Å². The van der Waals surface area contributed by atoms with E-state index in [-0.39, 0.29) is 11.7 Å². The fourth-order valence-corrected chi connectivity index (χ4v) is 3.53. The normalized spacial score (nSPS) is 12.2. The van der Waals surface area contributed by atoms with E-state index in [0.29, 0.717) is 10.7 Å². The van der Waals surface area contributed by atoms with Crippen molar-refractivity contribution in [1.29, 1.82) is 0 Å². The van der Waals surface area contributed by atoms with Crippen LogP contribution in [0.5, 0.6) is 0 Å². The fraction of sp³-hybridized carbons (Fsp3) is 0.278. The zero-order valence-corrected chi connectivity index (χ0v) is 15.1. The molecule has 1 atom stereocenters. The summed E-state index contributed by atoms with van der Waals surface area (Å²) in [7, 11) is 1.86. The zero-order valence-electron chi connectivity index (χ0n) is 14.3. The first-order valence-corrected chi connectivity index (χ1v) is 8.81. The van der Waals surface area contributed by atoms with E-state index in [1.165, 1.54) is 23.5 Å². The van der Waals surface area contributed by atoms with Gasteiger partial charge in [0.2, 0.25) is 0 Å². The van der Waals surface area contributed by atoms with Crippen LogP contribution in [0.2, 0.25) is 0 Å². The van der Waals surface area contributed by atoms with E-state index >= 15 is 0 Å². The van der Waals surface area contributed by atoms with E-state index in [4.69, 9.17) is 0 Å². The van der Waals surface area contributed by atoms with Gasteiger partial charge in [-0.05, 0) is 31.0 Å². The van der Waals surface area contributed by atoms with Crippen molar-refractivity contribution in [3.8, 4) is 0 Å². The van der Waals surface area contributed by atoms with Crippen LogP contribution in [0.25, 0.3) is 0 Å². The third-order valence-corrected chi connectivity index (χ3v) is 5.25. The monoisotopic (exact) mass is 358 g/mol. The summed E-state index contributed by atoms with van der Waals surface area (Å²) in [6, 6.07) is 5.60. The van der Waals surface area contributed by atoms with Crippen LogP contribution in [0.15, 0.2) is 36.7 Å². The Morgan fingerprint density at radius 2 is 2.08 bits per heavy atom. The Hall–Kier alpha value is -2.54. The number of carbonyl (C=O) groups excluding carboxylic acids is 1. The number of hydrogen-bond donors (Lipinski definition) is 1. The Labute approximate surface area is 149 Å². The number of rotatable bonds is 5. The highest BCUT2D eigenvalue weighted by atomic mass is 32.1. The van der Waals surface area contributed by atoms with Crippen molar-refractivity contribution >= 4 is 17.2 Å². The topological polar surface area (TPSA) is 59.8 Å². The van der Waals surface area contributed by atoms with Gasteiger partial charge in [0.05, 0.1) is 10.7 Å². The summed E-state index contributed by atoms with van der Waals surface area (Å²) in [5.74, 6) is 0.157. The summed E-state index contributed by atoms with van der Waals surface area (Å²) >= 11 is 1.40. The van der Waals surface area contributed by atoms with E-state index in [2.05, 4.69) is 15.3 Å². The van der Waals surface area contributed by atoms with Gasteiger partial charge in [-0.15, -0.1) is 11.3 Å². The van der Waals surface area contributed by atoms with E-state index in [9.17, 15) is 9.18 Å². The number of nitrogens with one attached hydrogen (secondary N) is 1. The van der Waals surface area contributed by atoms with Gasteiger partial charge in [-0.3, -0.25) is 4.79 Å². The molecule has 0 aliphatic heterocycles. The molecule has 1 unspecified atom stereocenters. The van der Waals surface area contributed by atoms with Crippen molar-refractivity contribution in [2.75, 3.05) is 0 Å². The minimum atomic E-state index is -0.473. The molecule has 0 fully saturated rings. The number of carbonyl (C=O) groups is 1. The maximum Gasteiger partial charge on any atom is 0.264 e. The average Bonchev–Trinajstić information content (AvgIpc) is 3.19. The van der Waals surface area contributed by atoms with Gasteiger partial charge in [0.25, 0.3) is 5.91 Å². The minimum Gasteiger partial charge on any atom is -0.337 e. The first-order chi connectivity index (χ1) is 12.0. The maximum atomic E-state index is 13.3. The molecule has 0 saturated heterocycles. The Bertz CT molecular complexity index is 885. The molecule has 7 heteroatoms. The first kappa shape index (κ1) is 17.3. The van der Waals surface area contributed by atoms with Crippen LogP contribution in [-0.2, 0) is 13.5 Å². The maximum absolute atomic E-state index is 13.3. The van der Waals surface area contributed by atoms with Crippen molar-refractivity contribution in [3.05, 3.63) is 69.4 Å². The van der Waals surface area contributed by atoms with Crippen LogP contribution in [0.1, 0.15) is 44.7 Å². The zero-order chi connectivity index (χ0) is 18.0. The van der Waals surface area contributed by atoms with Crippen LogP contribution < -0.4 is 5.32 Å². The van der Waals surface area contributed by atoms with Gasteiger partial charge in [0.15, 0.2) is 0 Å². The minimum absolute atomic E-state index is 0.202. The van der Waals surface area contributed by atoms with Crippen LogP contribution in [0.4, 0.5) is 4.39 Å². The van der Waals surface area contributed by atoms with E-state index < -0.39 is 6.04 Å². The Morgan fingerprint density at radius 1 is 1.36 bits per heavy atom. The van der Waals surface area contributed by atoms with Gasteiger partial charge in [-0.1, -0.05) is 19.1 Å². The lowest BCUT2D eigenvalue weighted by Crippen LogP contribution is -2.31. The van der Waals surface area contributed by atoms with Crippen LogP contribution in [-0.4, -0.2) is 20.4 Å². The number of thiazole rings is 1. The van der Waals surface area contributed by atoms with Gasteiger partial charge in [-0.2, -0.15) is 0 Å². The molecule has 0 bridgehead atoms. The fourth-order valence-electron chi connectivity index (χ4n) is 2.62. The second kappa shape index (κ2) is 7.14. The van der Waals surface area contributed by atoms with Gasteiger partial charge in [0.1, 0.15) is 22.6 Å². The smallest absolute Gasteiger partial charge is 0.264 e. The number of aromatic nitrogens is 3. The molecular formula is C18H19FN4OS. The molecule has 0 spiro atoms.